The second kappa shape index (κ2) is 7.24. The van der Waals surface area contributed by atoms with Gasteiger partial charge >= 0.3 is 0 Å². The zero-order chi connectivity index (χ0) is 16.1. The quantitative estimate of drug-likeness (QED) is 0.899. The van der Waals surface area contributed by atoms with Gasteiger partial charge in [0.25, 0.3) is 5.91 Å². The van der Waals surface area contributed by atoms with Crippen LogP contribution in [0.15, 0.2) is 36.5 Å². The van der Waals surface area contributed by atoms with Gasteiger partial charge in [-0.1, -0.05) is 29.3 Å². The van der Waals surface area contributed by atoms with E-state index >= 15 is 0 Å². The Morgan fingerprint density at radius 2 is 1.86 bits per heavy atom. The van der Waals surface area contributed by atoms with Gasteiger partial charge in [0, 0.05) is 18.7 Å². The largest absolute Gasteiger partial charge is 0.351 e. The van der Waals surface area contributed by atoms with Gasteiger partial charge in [-0.2, -0.15) is 0 Å². The SMILES string of the molecule is CC(=O)NCc1cc(C(=O)Nc2c(Cl)cccc2Cl)ccn1. The molecular weight excluding hydrogens is 325 g/mol. The molecule has 2 amide bonds. The number of rotatable bonds is 4. The lowest BCUT2D eigenvalue weighted by atomic mass is 10.2. The van der Waals surface area contributed by atoms with Crippen molar-refractivity contribution in [3.8, 4) is 0 Å². The van der Waals surface area contributed by atoms with Crippen molar-refractivity contribution in [2.24, 2.45) is 0 Å². The van der Waals surface area contributed by atoms with E-state index in [9.17, 15) is 9.59 Å². The van der Waals surface area contributed by atoms with Crippen LogP contribution in [0.2, 0.25) is 10.0 Å². The standard InChI is InChI=1S/C15H13Cl2N3O2/c1-9(21)19-8-11-7-10(5-6-18-11)15(22)20-14-12(16)3-2-4-13(14)17/h2-7H,8H2,1H3,(H,19,21)(H,20,22). The first-order valence-electron chi connectivity index (χ1n) is 6.42. The van der Waals surface area contributed by atoms with E-state index in [-0.39, 0.29) is 18.4 Å². The van der Waals surface area contributed by atoms with Crippen LogP contribution in [0.4, 0.5) is 5.69 Å². The van der Waals surface area contributed by atoms with Crippen molar-refractivity contribution < 1.29 is 9.59 Å². The Balaban J connectivity index is 2.16. The highest BCUT2D eigenvalue weighted by Gasteiger charge is 2.12. The van der Waals surface area contributed by atoms with E-state index in [1.807, 2.05) is 0 Å². The number of benzene rings is 1. The minimum atomic E-state index is -0.360. The monoisotopic (exact) mass is 337 g/mol. The first-order valence-corrected chi connectivity index (χ1v) is 7.17. The fourth-order valence-electron chi connectivity index (χ4n) is 1.73. The van der Waals surface area contributed by atoms with Gasteiger partial charge in [-0.15, -0.1) is 0 Å². The molecule has 5 nitrogen and oxygen atoms in total. The number of hydrogen-bond acceptors (Lipinski definition) is 3. The molecule has 2 rings (SSSR count). The van der Waals surface area contributed by atoms with E-state index < -0.39 is 0 Å². The van der Waals surface area contributed by atoms with Crippen LogP contribution in [0.3, 0.4) is 0 Å². The Kier molecular flexibility index (Phi) is 5.35. The summed E-state index contributed by atoms with van der Waals surface area (Å²) in [6.07, 6.45) is 1.50. The molecular formula is C15H13Cl2N3O2. The summed E-state index contributed by atoms with van der Waals surface area (Å²) in [5, 5.41) is 6.00. The molecule has 0 radical (unpaired) electrons. The third kappa shape index (κ3) is 4.19. The first kappa shape index (κ1) is 16.3. The molecule has 0 aliphatic rings. The number of hydrogen-bond donors (Lipinski definition) is 2. The molecule has 0 saturated heterocycles. The van der Waals surface area contributed by atoms with Gasteiger partial charge in [0.1, 0.15) is 0 Å². The third-order valence-electron chi connectivity index (χ3n) is 2.80. The molecule has 0 aliphatic carbocycles. The van der Waals surface area contributed by atoms with Crippen LogP contribution < -0.4 is 10.6 Å². The van der Waals surface area contributed by atoms with Crippen molar-refractivity contribution >= 4 is 40.7 Å². The molecule has 2 aromatic rings. The predicted molar refractivity (Wildman–Crippen MR) is 86.2 cm³/mol. The number of aromatic nitrogens is 1. The second-order valence-corrected chi connectivity index (χ2v) is 5.31. The van der Waals surface area contributed by atoms with E-state index in [4.69, 9.17) is 23.2 Å². The number of amides is 2. The summed E-state index contributed by atoms with van der Waals surface area (Å²) in [7, 11) is 0. The highest BCUT2D eigenvalue weighted by Crippen LogP contribution is 2.30. The van der Waals surface area contributed by atoms with Gasteiger partial charge in [0.15, 0.2) is 0 Å². The fourth-order valence-corrected chi connectivity index (χ4v) is 2.23. The minimum absolute atomic E-state index is 0.167. The van der Waals surface area contributed by atoms with Crippen LogP contribution in [0, 0.1) is 0 Å². The van der Waals surface area contributed by atoms with E-state index in [0.717, 1.165) is 0 Å². The molecule has 0 atom stereocenters. The number of halogens is 2. The summed E-state index contributed by atoms with van der Waals surface area (Å²) >= 11 is 12.0. The van der Waals surface area contributed by atoms with Gasteiger partial charge in [0.05, 0.1) is 28.0 Å². The molecule has 0 saturated carbocycles. The summed E-state index contributed by atoms with van der Waals surface area (Å²) in [5.41, 5.74) is 1.33. The minimum Gasteiger partial charge on any atom is -0.351 e. The summed E-state index contributed by atoms with van der Waals surface area (Å²) in [6, 6.07) is 8.13. The van der Waals surface area contributed by atoms with Crippen molar-refractivity contribution in [2.75, 3.05) is 5.32 Å². The Labute approximate surface area is 137 Å². The number of pyridine rings is 1. The Morgan fingerprint density at radius 1 is 1.18 bits per heavy atom. The zero-order valence-electron chi connectivity index (χ0n) is 11.7. The number of carbonyl (C=O) groups is 2. The highest BCUT2D eigenvalue weighted by molar-refractivity contribution is 6.40. The molecule has 2 N–H and O–H groups in total. The highest BCUT2D eigenvalue weighted by atomic mass is 35.5. The lowest BCUT2D eigenvalue weighted by molar-refractivity contribution is -0.119. The maximum Gasteiger partial charge on any atom is 0.255 e. The lowest BCUT2D eigenvalue weighted by Gasteiger charge is -2.10. The fraction of sp³-hybridized carbons (Fsp3) is 0.133. The second-order valence-electron chi connectivity index (χ2n) is 4.50. The molecule has 22 heavy (non-hydrogen) atoms. The zero-order valence-corrected chi connectivity index (χ0v) is 13.2. The molecule has 1 aromatic carbocycles. The van der Waals surface area contributed by atoms with Crippen molar-refractivity contribution in [3.63, 3.8) is 0 Å². The predicted octanol–water partition coefficient (Wildman–Crippen LogP) is 3.28. The van der Waals surface area contributed by atoms with E-state index in [0.29, 0.717) is 27.0 Å². The van der Waals surface area contributed by atoms with Crippen LogP contribution in [0.5, 0.6) is 0 Å². The maximum absolute atomic E-state index is 12.3. The molecule has 0 aliphatic heterocycles. The molecule has 114 valence electrons. The summed E-state index contributed by atoms with van der Waals surface area (Å²) in [5.74, 6) is -0.527. The number of nitrogens with zero attached hydrogens (tertiary/aromatic N) is 1. The average molecular weight is 338 g/mol. The van der Waals surface area contributed by atoms with Gasteiger partial charge in [-0.25, -0.2) is 0 Å². The first-order chi connectivity index (χ1) is 10.5. The topological polar surface area (TPSA) is 71.1 Å². The van der Waals surface area contributed by atoms with Crippen molar-refractivity contribution in [3.05, 3.63) is 57.8 Å². The number of nitrogens with one attached hydrogen (secondary N) is 2. The van der Waals surface area contributed by atoms with Gasteiger partial charge in [-0.05, 0) is 24.3 Å². The average Bonchev–Trinajstić information content (AvgIpc) is 2.49. The van der Waals surface area contributed by atoms with E-state index in [2.05, 4.69) is 15.6 Å². The van der Waals surface area contributed by atoms with E-state index in [1.54, 1.807) is 30.3 Å². The van der Waals surface area contributed by atoms with Crippen LogP contribution in [-0.4, -0.2) is 16.8 Å². The van der Waals surface area contributed by atoms with Crippen LogP contribution in [0.25, 0.3) is 0 Å². The van der Waals surface area contributed by atoms with Crippen molar-refractivity contribution in [1.82, 2.24) is 10.3 Å². The van der Waals surface area contributed by atoms with Gasteiger partial charge in [0.2, 0.25) is 5.91 Å². The number of para-hydroxylation sites is 1. The van der Waals surface area contributed by atoms with Gasteiger partial charge < -0.3 is 10.6 Å². The number of anilines is 1. The molecule has 1 heterocycles. The molecule has 0 bridgehead atoms. The molecule has 0 fully saturated rings. The Morgan fingerprint density at radius 3 is 2.50 bits per heavy atom. The molecule has 1 aromatic heterocycles. The molecule has 0 spiro atoms. The van der Waals surface area contributed by atoms with Crippen molar-refractivity contribution in [2.45, 2.75) is 13.5 Å². The van der Waals surface area contributed by atoms with E-state index in [1.165, 1.54) is 13.1 Å². The summed E-state index contributed by atoms with van der Waals surface area (Å²) in [4.78, 5) is 27.3. The normalized spacial score (nSPS) is 10.1. The Hall–Kier alpha value is -2.11. The van der Waals surface area contributed by atoms with Crippen molar-refractivity contribution in [1.29, 1.82) is 0 Å². The summed E-state index contributed by atoms with van der Waals surface area (Å²) in [6.45, 7) is 1.67. The summed E-state index contributed by atoms with van der Waals surface area (Å²) < 4.78 is 0. The maximum atomic E-state index is 12.3. The number of carbonyl (C=O) groups excluding carboxylic acids is 2. The molecule has 0 unspecified atom stereocenters. The smallest absolute Gasteiger partial charge is 0.255 e. The van der Waals surface area contributed by atoms with Crippen LogP contribution >= 0.6 is 23.2 Å². The van der Waals surface area contributed by atoms with Crippen LogP contribution in [-0.2, 0) is 11.3 Å². The van der Waals surface area contributed by atoms with Gasteiger partial charge in [-0.3, -0.25) is 14.6 Å². The Bertz CT molecular complexity index is 699. The van der Waals surface area contributed by atoms with Crippen LogP contribution in [0.1, 0.15) is 23.0 Å². The molecule has 7 heteroatoms. The lowest BCUT2D eigenvalue weighted by Crippen LogP contribution is -2.20. The third-order valence-corrected chi connectivity index (χ3v) is 3.43.